The van der Waals surface area contributed by atoms with Gasteiger partial charge < -0.3 is 4.98 Å². The Kier molecular flexibility index (Phi) is 2.57. The van der Waals surface area contributed by atoms with Gasteiger partial charge in [-0.1, -0.05) is 0 Å². The van der Waals surface area contributed by atoms with Gasteiger partial charge in [-0.2, -0.15) is 0 Å². The van der Waals surface area contributed by atoms with Gasteiger partial charge in [0.2, 0.25) is 0 Å². The Labute approximate surface area is 78.8 Å². The minimum atomic E-state index is -0.454. The van der Waals surface area contributed by atoms with Crippen LogP contribution < -0.4 is 0 Å². The molecule has 0 atom stereocenters. The van der Waals surface area contributed by atoms with Crippen LogP contribution in [0.2, 0.25) is 0 Å². The van der Waals surface area contributed by atoms with E-state index in [0.29, 0.717) is 5.69 Å². The molecule has 0 saturated heterocycles. The highest BCUT2D eigenvalue weighted by molar-refractivity contribution is 6.01. The first-order chi connectivity index (χ1) is 5.96. The van der Waals surface area contributed by atoms with Gasteiger partial charge in [0.25, 0.3) is 0 Å². The third-order valence-electron chi connectivity index (χ3n) is 2.52. The third-order valence-corrected chi connectivity index (χ3v) is 2.52. The number of nitrogens with zero attached hydrogens (tertiary/aromatic N) is 1. The van der Waals surface area contributed by atoms with Crippen molar-refractivity contribution in [3.05, 3.63) is 24.0 Å². The largest absolute Gasteiger partial charge is 0.359 e. The Morgan fingerprint density at radius 3 is 2.46 bits per heavy atom. The highest BCUT2D eigenvalue weighted by Crippen LogP contribution is 2.16. The number of hydrogen-bond donors (Lipinski definition) is 1. The third kappa shape index (κ3) is 1.80. The maximum Gasteiger partial charge on any atom is 0.198 e. The molecule has 1 rings (SSSR count). The number of rotatable bonds is 3. The predicted molar refractivity (Wildman–Crippen MR) is 52.9 cm³/mol. The average Bonchev–Trinajstić information content (AvgIpc) is 2.54. The number of likely N-dealkylation sites (N-methyl/N-ethyl adjacent to an activating group) is 1. The van der Waals surface area contributed by atoms with Crippen molar-refractivity contribution in [3.63, 3.8) is 0 Å². The van der Waals surface area contributed by atoms with E-state index in [1.165, 1.54) is 0 Å². The van der Waals surface area contributed by atoms with E-state index in [4.69, 9.17) is 0 Å². The summed E-state index contributed by atoms with van der Waals surface area (Å²) in [4.78, 5) is 16.7. The molecule has 0 fully saturated rings. The zero-order valence-electron chi connectivity index (χ0n) is 8.59. The fraction of sp³-hybridized carbons (Fsp3) is 0.500. The first-order valence-electron chi connectivity index (χ1n) is 4.32. The molecule has 1 heterocycles. The zero-order chi connectivity index (χ0) is 10.1. The molecule has 0 aliphatic heterocycles. The highest BCUT2D eigenvalue weighted by Gasteiger charge is 2.31. The second-order valence-electron chi connectivity index (χ2n) is 3.87. The molecule has 1 N–H and O–H groups in total. The summed E-state index contributed by atoms with van der Waals surface area (Å²) in [6, 6.07) is 3.63. The second kappa shape index (κ2) is 3.34. The summed E-state index contributed by atoms with van der Waals surface area (Å²) >= 11 is 0. The van der Waals surface area contributed by atoms with Crippen molar-refractivity contribution >= 4 is 5.78 Å². The number of nitrogens with one attached hydrogen (secondary N) is 1. The molecular weight excluding hydrogens is 164 g/mol. The average molecular weight is 180 g/mol. The van der Waals surface area contributed by atoms with E-state index in [9.17, 15) is 4.79 Å². The van der Waals surface area contributed by atoms with E-state index in [0.717, 1.165) is 0 Å². The zero-order valence-corrected chi connectivity index (χ0v) is 8.59. The van der Waals surface area contributed by atoms with Gasteiger partial charge in [0.1, 0.15) is 0 Å². The van der Waals surface area contributed by atoms with Crippen LogP contribution in [-0.4, -0.2) is 35.3 Å². The topological polar surface area (TPSA) is 36.1 Å². The lowest BCUT2D eigenvalue weighted by Crippen LogP contribution is -2.45. The molecule has 0 amide bonds. The standard InChI is InChI=1S/C10H16N2O/c1-10(2,12(3)4)9(13)8-6-5-7-11-8/h5-7,11H,1-4H3. The highest BCUT2D eigenvalue weighted by atomic mass is 16.1. The Morgan fingerprint density at radius 1 is 1.46 bits per heavy atom. The van der Waals surface area contributed by atoms with Gasteiger partial charge in [0.05, 0.1) is 11.2 Å². The summed E-state index contributed by atoms with van der Waals surface area (Å²) < 4.78 is 0. The van der Waals surface area contributed by atoms with Gasteiger partial charge in [-0.15, -0.1) is 0 Å². The quantitative estimate of drug-likeness (QED) is 0.716. The first-order valence-corrected chi connectivity index (χ1v) is 4.32. The summed E-state index contributed by atoms with van der Waals surface area (Å²) in [5.41, 5.74) is 0.212. The summed E-state index contributed by atoms with van der Waals surface area (Å²) in [5, 5.41) is 0. The monoisotopic (exact) mass is 180 g/mol. The van der Waals surface area contributed by atoms with Crippen molar-refractivity contribution in [1.82, 2.24) is 9.88 Å². The Balaban J connectivity index is 2.91. The van der Waals surface area contributed by atoms with Crippen LogP contribution in [0, 0.1) is 0 Å². The van der Waals surface area contributed by atoms with Crippen LogP contribution in [0.15, 0.2) is 18.3 Å². The molecule has 0 aliphatic carbocycles. The smallest absolute Gasteiger partial charge is 0.198 e. The summed E-state index contributed by atoms with van der Waals surface area (Å²) in [5.74, 6) is 0.113. The number of carbonyl (C=O) groups is 1. The number of aromatic nitrogens is 1. The van der Waals surface area contributed by atoms with Crippen molar-refractivity contribution in [2.24, 2.45) is 0 Å². The summed E-state index contributed by atoms with van der Waals surface area (Å²) in [6.45, 7) is 3.83. The van der Waals surface area contributed by atoms with Gasteiger partial charge in [0.15, 0.2) is 5.78 Å². The van der Waals surface area contributed by atoms with E-state index in [1.807, 2.05) is 38.9 Å². The Bertz CT molecular complexity index is 286. The van der Waals surface area contributed by atoms with Crippen LogP contribution in [-0.2, 0) is 0 Å². The van der Waals surface area contributed by atoms with Crippen molar-refractivity contribution in [1.29, 1.82) is 0 Å². The SMILES string of the molecule is CN(C)C(C)(C)C(=O)c1ccc[nH]1. The van der Waals surface area contributed by atoms with Crippen molar-refractivity contribution in [2.75, 3.05) is 14.1 Å². The van der Waals surface area contributed by atoms with Crippen LogP contribution in [0.5, 0.6) is 0 Å². The van der Waals surface area contributed by atoms with E-state index in [1.54, 1.807) is 12.3 Å². The minimum Gasteiger partial charge on any atom is -0.359 e. The van der Waals surface area contributed by atoms with E-state index in [2.05, 4.69) is 4.98 Å². The summed E-state index contributed by atoms with van der Waals surface area (Å²) in [7, 11) is 3.81. The number of hydrogen-bond acceptors (Lipinski definition) is 2. The lowest BCUT2D eigenvalue weighted by molar-refractivity contribution is 0.0750. The molecule has 0 unspecified atom stereocenters. The van der Waals surface area contributed by atoms with Crippen LogP contribution in [0.25, 0.3) is 0 Å². The fourth-order valence-electron chi connectivity index (χ4n) is 1.00. The predicted octanol–water partition coefficient (Wildman–Crippen LogP) is 1.54. The minimum absolute atomic E-state index is 0.113. The molecule has 0 saturated carbocycles. The van der Waals surface area contributed by atoms with Gasteiger partial charge in [-0.3, -0.25) is 9.69 Å². The normalized spacial score (nSPS) is 12.1. The molecule has 1 aromatic rings. The number of ketones is 1. The van der Waals surface area contributed by atoms with Gasteiger partial charge in [0, 0.05) is 6.20 Å². The molecule has 0 aromatic carbocycles. The van der Waals surface area contributed by atoms with Crippen molar-refractivity contribution in [2.45, 2.75) is 19.4 Å². The molecule has 13 heavy (non-hydrogen) atoms. The second-order valence-corrected chi connectivity index (χ2v) is 3.87. The molecule has 1 aromatic heterocycles. The molecule has 0 aliphatic rings. The van der Waals surface area contributed by atoms with Crippen molar-refractivity contribution < 1.29 is 4.79 Å². The van der Waals surface area contributed by atoms with Crippen LogP contribution in [0.3, 0.4) is 0 Å². The molecule has 72 valence electrons. The van der Waals surface area contributed by atoms with Crippen LogP contribution in [0.4, 0.5) is 0 Å². The fourth-order valence-corrected chi connectivity index (χ4v) is 1.00. The van der Waals surface area contributed by atoms with Crippen LogP contribution in [0.1, 0.15) is 24.3 Å². The van der Waals surface area contributed by atoms with Gasteiger partial charge in [-0.05, 0) is 40.1 Å². The van der Waals surface area contributed by atoms with E-state index in [-0.39, 0.29) is 5.78 Å². The number of H-pyrrole nitrogens is 1. The van der Waals surface area contributed by atoms with E-state index < -0.39 is 5.54 Å². The molecule has 0 radical (unpaired) electrons. The molecule has 0 spiro atoms. The maximum atomic E-state index is 11.9. The van der Waals surface area contributed by atoms with Gasteiger partial charge in [-0.25, -0.2) is 0 Å². The number of carbonyl (C=O) groups excluding carboxylic acids is 1. The molecule has 3 heteroatoms. The summed E-state index contributed by atoms with van der Waals surface area (Å²) in [6.07, 6.45) is 1.76. The van der Waals surface area contributed by atoms with Crippen LogP contribution >= 0.6 is 0 Å². The number of Topliss-reactive ketones (excluding diaryl/α,β-unsaturated/α-hetero) is 1. The molecular formula is C10H16N2O. The Morgan fingerprint density at radius 2 is 2.08 bits per heavy atom. The number of aromatic amines is 1. The first kappa shape index (κ1) is 9.99. The van der Waals surface area contributed by atoms with Crippen molar-refractivity contribution in [3.8, 4) is 0 Å². The Hall–Kier alpha value is -1.09. The van der Waals surface area contributed by atoms with E-state index >= 15 is 0 Å². The molecule has 0 bridgehead atoms. The maximum absolute atomic E-state index is 11.9. The van der Waals surface area contributed by atoms with Gasteiger partial charge >= 0.3 is 0 Å². The lowest BCUT2D eigenvalue weighted by atomic mass is 9.95. The lowest BCUT2D eigenvalue weighted by Gasteiger charge is -2.30. The molecule has 3 nitrogen and oxygen atoms in total.